The van der Waals surface area contributed by atoms with Crippen LogP contribution in [-0.4, -0.2) is 32.5 Å². The van der Waals surface area contributed by atoms with Crippen LogP contribution in [0.15, 0.2) is 12.4 Å². The fraction of sp³-hybridized carbons (Fsp3) is 0.600. The highest BCUT2D eigenvalue weighted by atomic mass is 35.5. The third-order valence-corrected chi connectivity index (χ3v) is 5.51. The molecular weight excluding hydrogens is 325 g/mol. The predicted octanol–water partition coefficient (Wildman–Crippen LogP) is 3.45. The summed E-state index contributed by atoms with van der Waals surface area (Å²) in [6.07, 6.45) is 3.17. The van der Waals surface area contributed by atoms with Gasteiger partial charge in [-0.2, -0.15) is 0 Å². The standard InChI is InChI=1S/C15H15Cl2N3O2/c1-15(2)21-12-7-3-6(7)11(13(12)22-15)20-5-18-10-8(16)4-9(17)19-14(10)20/h4-7,11-13H,3H2,1-2H3/t6-,7+,11+,12+,13-/m0/s1. The van der Waals surface area contributed by atoms with Crippen molar-refractivity contribution in [2.24, 2.45) is 11.8 Å². The third kappa shape index (κ3) is 1.74. The zero-order chi connectivity index (χ0) is 15.2. The summed E-state index contributed by atoms with van der Waals surface area (Å²) in [5, 5.41) is 0.907. The van der Waals surface area contributed by atoms with Gasteiger partial charge in [0.25, 0.3) is 0 Å². The molecule has 3 aliphatic rings. The molecular formula is C15H15Cl2N3O2. The second-order valence-electron chi connectivity index (χ2n) is 6.87. The van der Waals surface area contributed by atoms with Gasteiger partial charge in [0.2, 0.25) is 0 Å². The average Bonchev–Trinajstić information content (AvgIpc) is 2.84. The normalized spacial score (nSPS) is 38.3. The number of ether oxygens (including phenoxy) is 2. The number of aromatic nitrogens is 3. The van der Waals surface area contributed by atoms with Crippen LogP contribution in [0, 0.1) is 11.8 Å². The molecule has 0 aromatic carbocycles. The van der Waals surface area contributed by atoms with Crippen LogP contribution in [0.25, 0.3) is 11.2 Å². The number of hydrogen-bond acceptors (Lipinski definition) is 4. The van der Waals surface area contributed by atoms with Crippen molar-refractivity contribution in [3.05, 3.63) is 22.6 Å². The molecule has 3 fully saturated rings. The van der Waals surface area contributed by atoms with Crippen LogP contribution in [0.1, 0.15) is 26.3 Å². The van der Waals surface area contributed by atoms with Gasteiger partial charge in [-0.05, 0) is 38.2 Å². The van der Waals surface area contributed by atoms with E-state index in [4.69, 9.17) is 32.7 Å². The van der Waals surface area contributed by atoms with Crippen LogP contribution in [0.2, 0.25) is 10.2 Å². The first-order valence-corrected chi connectivity index (χ1v) is 8.24. The molecule has 0 unspecified atom stereocenters. The first-order valence-electron chi connectivity index (χ1n) is 7.49. The Labute approximate surface area is 137 Å². The average molecular weight is 340 g/mol. The van der Waals surface area contributed by atoms with Crippen molar-refractivity contribution in [1.29, 1.82) is 0 Å². The summed E-state index contributed by atoms with van der Waals surface area (Å²) in [6.45, 7) is 3.94. The first-order chi connectivity index (χ1) is 10.4. The maximum atomic E-state index is 6.23. The molecule has 2 saturated carbocycles. The fourth-order valence-electron chi connectivity index (χ4n) is 4.19. The van der Waals surface area contributed by atoms with Crippen LogP contribution >= 0.6 is 23.2 Å². The maximum Gasteiger partial charge on any atom is 0.163 e. The lowest BCUT2D eigenvalue weighted by atomic mass is 10.1. The van der Waals surface area contributed by atoms with Crippen molar-refractivity contribution in [2.75, 3.05) is 0 Å². The molecule has 2 aromatic rings. The molecule has 0 N–H and O–H groups in total. The molecule has 1 saturated heterocycles. The maximum absolute atomic E-state index is 6.23. The van der Waals surface area contributed by atoms with Crippen molar-refractivity contribution in [3.63, 3.8) is 0 Å². The fourth-order valence-corrected chi connectivity index (χ4v) is 4.67. The van der Waals surface area contributed by atoms with Crippen molar-refractivity contribution >= 4 is 34.4 Å². The molecule has 5 nitrogen and oxygen atoms in total. The lowest BCUT2D eigenvalue weighted by Gasteiger charge is -2.24. The molecule has 5 rings (SSSR count). The molecule has 22 heavy (non-hydrogen) atoms. The van der Waals surface area contributed by atoms with E-state index in [1.165, 1.54) is 6.42 Å². The SMILES string of the molecule is CC1(C)O[C@@H]2[C@@H]3C[C@@H]3[C@@H](n3cnc4c(Cl)cc(Cl)nc43)[C@@H]2O1. The van der Waals surface area contributed by atoms with Crippen molar-refractivity contribution in [1.82, 2.24) is 14.5 Å². The highest BCUT2D eigenvalue weighted by molar-refractivity contribution is 6.37. The largest absolute Gasteiger partial charge is 0.344 e. The van der Waals surface area contributed by atoms with Crippen molar-refractivity contribution < 1.29 is 9.47 Å². The zero-order valence-electron chi connectivity index (χ0n) is 12.2. The molecule has 0 bridgehead atoms. The van der Waals surface area contributed by atoms with Gasteiger partial charge in [0.1, 0.15) is 16.8 Å². The summed E-state index contributed by atoms with van der Waals surface area (Å²) in [5.41, 5.74) is 1.41. The summed E-state index contributed by atoms with van der Waals surface area (Å²) in [6, 6.07) is 1.81. The Hall–Kier alpha value is -0.880. The van der Waals surface area contributed by atoms with Crippen LogP contribution in [-0.2, 0) is 9.47 Å². The number of imidazole rings is 1. The van der Waals surface area contributed by atoms with Crippen LogP contribution in [0.5, 0.6) is 0 Å². The molecule has 1 aliphatic heterocycles. The summed E-state index contributed by atoms with van der Waals surface area (Å²) in [7, 11) is 0. The van der Waals surface area contributed by atoms with Gasteiger partial charge >= 0.3 is 0 Å². The van der Waals surface area contributed by atoms with Gasteiger partial charge in [0.15, 0.2) is 11.4 Å². The van der Waals surface area contributed by atoms with Gasteiger partial charge in [0, 0.05) is 0 Å². The van der Waals surface area contributed by atoms with E-state index in [1.54, 1.807) is 12.4 Å². The molecule has 2 aliphatic carbocycles. The van der Waals surface area contributed by atoms with Gasteiger partial charge in [-0.25, -0.2) is 9.97 Å². The van der Waals surface area contributed by atoms with Gasteiger partial charge in [-0.3, -0.25) is 0 Å². The Balaban J connectivity index is 1.63. The molecule has 7 heteroatoms. The van der Waals surface area contributed by atoms with Crippen LogP contribution in [0.3, 0.4) is 0 Å². The molecule has 0 radical (unpaired) electrons. The van der Waals surface area contributed by atoms with E-state index in [0.29, 0.717) is 27.5 Å². The van der Waals surface area contributed by atoms with E-state index in [1.807, 2.05) is 13.8 Å². The second-order valence-corrected chi connectivity index (χ2v) is 7.66. The molecule has 5 atom stereocenters. The first kappa shape index (κ1) is 13.5. The minimum absolute atomic E-state index is 0.0377. The predicted molar refractivity (Wildman–Crippen MR) is 82.0 cm³/mol. The summed E-state index contributed by atoms with van der Waals surface area (Å²) in [5.74, 6) is 0.604. The van der Waals surface area contributed by atoms with E-state index in [-0.39, 0.29) is 18.2 Å². The number of rotatable bonds is 1. The third-order valence-electron chi connectivity index (χ3n) is 5.03. The number of pyridine rings is 1. The molecule has 116 valence electrons. The molecule has 3 heterocycles. The lowest BCUT2D eigenvalue weighted by Crippen LogP contribution is -2.30. The zero-order valence-corrected chi connectivity index (χ0v) is 13.7. The van der Waals surface area contributed by atoms with E-state index in [2.05, 4.69) is 14.5 Å². The quantitative estimate of drug-likeness (QED) is 0.746. The number of halogens is 2. The molecule has 0 amide bonds. The highest BCUT2D eigenvalue weighted by Gasteiger charge is 2.66. The van der Waals surface area contributed by atoms with Gasteiger partial charge < -0.3 is 14.0 Å². The second kappa shape index (κ2) is 4.15. The number of nitrogens with zero attached hydrogens (tertiary/aromatic N) is 3. The Kier molecular flexibility index (Phi) is 2.55. The van der Waals surface area contributed by atoms with Gasteiger partial charge in [0.05, 0.1) is 23.5 Å². The van der Waals surface area contributed by atoms with E-state index in [0.717, 1.165) is 5.65 Å². The van der Waals surface area contributed by atoms with Crippen molar-refractivity contribution in [3.8, 4) is 0 Å². The topological polar surface area (TPSA) is 49.2 Å². The van der Waals surface area contributed by atoms with Crippen LogP contribution in [0.4, 0.5) is 0 Å². The monoisotopic (exact) mass is 339 g/mol. The van der Waals surface area contributed by atoms with Gasteiger partial charge in [-0.15, -0.1) is 0 Å². The smallest absolute Gasteiger partial charge is 0.163 e. The summed E-state index contributed by atoms with van der Waals surface area (Å²) >= 11 is 12.3. The minimum Gasteiger partial charge on any atom is -0.344 e. The van der Waals surface area contributed by atoms with E-state index < -0.39 is 5.79 Å². The van der Waals surface area contributed by atoms with Gasteiger partial charge in [-0.1, -0.05) is 23.2 Å². The Morgan fingerprint density at radius 1 is 1.23 bits per heavy atom. The van der Waals surface area contributed by atoms with Crippen molar-refractivity contribution in [2.45, 2.75) is 44.3 Å². The van der Waals surface area contributed by atoms with E-state index >= 15 is 0 Å². The Morgan fingerprint density at radius 3 is 2.82 bits per heavy atom. The number of fused-ring (bicyclic) bond motifs is 4. The molecule has 2 aromatic heterocycles. The van der Waals surface area contributed by atoms with Crippen LogP contribution < -0.4 is 0 Å². The molecule has 0 spiro atoms. The number of hydrogen-bond donors (Lipinski definition) is 0. The highest BCUT2D eigenvalue weighted by Crippen LogP contribution is 2.63. The minimum atomic E-state index is -0.528. The Bertz CT molecular complexity index is 790. The summed E-state index contributed by atoms with van der Waals surface area (Å²) in [4.78, 5) is 8.85. The lowest BCUT2D eigenvalue weighted by molar-refractivity contribution is -0.156. The summed E-state index contributed by atoms with van der Waals surface area (Å²) < 4.78 is 14.3. The van der Waals surface area contributed by atoms with E-state index in [9.17, 15) is 0 Å². The Morgan fingerprint density at radius 2 is 2.00 bits per heavy atom.